The van der Waals surface area contributed by atoms with E-state index in [4.69, 9.17) is 9.47 Å². The molecule has 0 spiro atoms. The van der Waals surface area contributed by atoms with Crippen molar-refractivity contribution in [3.63, 3.8) is 0 Å². The number of likely N-dealkylation sites (tertiary alicyclic amines) is 1. The number of nitrogens with zero attached hydrogens (tertiary/aromatic N) is 1. The molecule has 22 heavy (non-hydrogen) atoms. The van der Waals surface area contributed by atoms with E-state index in [2.05, 4.69) is 6.92 Å². The summed E-state index contributed by atoms with van der Waals surface area (Å²) in [6, 6.07) is 6.12. The van der Waals surface area contributed by atoms with Gasteiger partial charge < -0.3 is 14.4 Å². The lowest BCUT2D eigenvalue weighted by molar-refractivity contribution is -0.136. The number of methoxy groups -OCH3 is 2. The summed E-state index contributed by atoms with van der Waals surface area (Å²) >= 11 is 0. The number of hydrogen-bond acceptors (Lipinski definition) is 3. The number of carbonyl (C=O) groups excluding carboxylic acids is 1. The molecule has 0 radical (unpaired) electrons. The third-order valence-corrected chi connectivity index (χ3v) is 4.47. The minimum absolute atomic E-state index is 0.103. The standard InChI is InChI=1S/C18H27NO3/c1-5-7-13(2)18(20)19-11-6-8-15(19)14-9-10-16(21-3)17(12-14)22-4/h9-10,12-13,15H,5-8,11H2,1-4H3. The molecule has 2 rings (SSSR count). The van der Waals surface area contributed by atoms with Gasteiger partial charge in [-0.1, -0.05) is 26.3 Å². The zero-order chi connectivity index (χ0) is 16.1. The quantitative estimate of drug-likeness (QED) is 0.802. The molecule has 4 heteroatoms. The van der Waals surface area contributed by atoms with E-state index in [0.29, 0.717) is 0 Å². The van der Waals surface area contributed by atoms with E-state index in [9.17, 15) is 4.79 Å². The summed E-state index contributed by atoms with van der Waals surface area (Å²) in [5.41, 5.74) is 1.13. The molecule has 2 atom stereocenters. The molecule has 0 bridgehead atoms. The molecule has 1 aromatic carbocycles. The number of benzene rings is 1. The van der Waals surface area contributed by atoms with E-state index in [-0.39, 0.29) is 17.9 Å². The second-order valence-electron chi connectivity index (χ2n) is 5.99. The van der Waals surface area contributed by atoms with Crippen molar-refractivity contribution in [2.75, 3.05) is 20.8 Å². The van der Waals surface area contributed by atoms with Gasteiger partial charge in [-0.05, 0) is 37.0 Å². The summed E-state index contributed by atoms with van der Waals surface area (Å²) in [6.45, 7) is 5.02. The zero-order valence-corrected chi connectivity index (χ0v) is 14.1. The van der Waals surface area contributed by atoms with Crippen molar-refractivity contribution < 1.29 is 14.3 Å². The van der Waals surface area contributed by atoms with E-state index in [1.54, 1.807) is 14.2 Å². The van der Waals surface area contributed by atoms with Gasteiger partial charge in [-0.3, -0.25) is 4.79 Å². The summed E-state index contributed by atoms with van der Waals surface area (Å²) in [6.07, 6.45) is 4.07. The summed E-state index contributed by atoms with van der Waals surface area (Å²) in [7, 11) is 3.28. The van der Waals surface area contributed by atoms with Crippen LogP contribution in [0.3, 0.4) is 0 Å². The average molecular weight is 305 g/mol. The number of carbonyl (C=O) groups is 1. The Kier molecular flexibility index (Phi) is 5.69. The van der Waals surface area contributed by atoms with Gasteiger partial charge in [0.05, 0.1) is 20.3 Å². The van der Waals surface area contributed by atoms with E-state index < -0.39 is 0 Å². The molecule has 4 nitrogen and oxygen atoms in total. The van der Waals surface area contributed by atoms with Crippen molar-refractivity contribution in [3.05, 3.63) is 23.8 Å². The van der Waals surface area contributed by atoms with E-state index >= 15 is 0 Å². The fourth-order valence-electron chi connectivity index (χ4n) is 3.28. The van der Waals surface area contributed by atoms with E-state index in [1.807, 2.05) is 30.0 Å². The van der Waals surface area contributed by atoms with Crippen LogP contribution in [0.2, 0.25) is 0 Å². The SMILES string of the molecule is CCCC(C)C(=O)N1CCCC1c1ccc(OC)c(OC)c1. The lowest BCUT2D eigenvalue weighted by atomic mass is 10.0. The van der Waals surface area contributed by atoms with Crippen molar-refractivity contribution in [3.8, 4) is 11.5 Å². The maximum atomic E-state index is 12.7. The second-order valence-corrected chi connectivity index (χ2v) is 5.99. The third kappa shape index (κ3) is 3.37. The van der Waals surface area contributed by atoms with Crippen LogP contribution in [-0.4, -0.2) is 31.6 Å². The minimum atomic E-state index is 0.103. The van der Waals surface area contributed by atoms with Crippen LogP contribution in [0.15, 0.2) is 18.2 Å². The van der Waals surface area contributed by atoms with E-state index in [1.165, 1.54) is 0 Å². The first-order valence-corrected chi connectivity index (χ1v) is 8.14. The third-order valence-electron chi connectivity index (χ3n) is 4.47. The summed E-state index contributed by atoms with van der Waals surface area (Å²) in [5.74, 6) is 1.83. The molecule has 0 N–H and O–H groups in total. The smallest absolute Gasteiger partial charge is 0.225 e. The molecule has 1 amide bonds. The van der Waals surface area contributed by atoms with Crippen molar-refractivity contribution in [1.29, 1.82) is 0 Å². The summed E-state index contributed by atoms with van der Waals surface area (Å²) in [5, 5.41) is 0. The topological polar surface area (TPSA) is 38.8 Å². The number of amides is 1. The maximum Gasteiger partial charge on any atom is 0.225 e. The van der Waals surface area contributed by atoms with Crippen LogP contribution in [0.4, 0.5) is 0 Å². The first kappa shape index (κ1) is 16.7. The van der Waals surface area contributed by atoms with Crippen molar-refractivity contribution in [2.45, 2.75) is 45.6 Å². The fraction of sp³-hybridized carbons (Fsp3) is 0.611. The molecule has 1 heterocycles. The number of hydrogen-bond donors (Lipinski definition) is 0. The monoisotopic (exact) mass is 305 g/mol. The highest BCUT2D eigenvalue weighted by Gasteiger charge is 2.32. The molecule has 1 aliphatic rings. The molecule has 2 unspecified atom stereocenters. The Hall–Kier alpha value is -1.71. The first-order valence-electron chi connectivity index (χ1n) is 8.14. The molecule has 1 aliphatic heterocycles. The highest BCUT2D eigenvalue weighted by Crippen LogP contribution is 2.37. The van der Waals surface area contributed by atoms with Gasteiger partial charge in [0.25, 0.3) is 0 Å². The van der Waals surface area contributed by atoms with Crippen LogP contribution in [0.5, 0.6) is 11.5 Å². The predicted octanol–water partition coefficient (Wildman–Crippen LogP) is 3.80. The summed E-state index contributed by atoms with van der Waals surface area (Å²) in [4.78, 5) is 14.7. The number of ether oxygens (including phenoxy) is 2. The van der Waals surface area contributed by atoms with Gasteiger partial charge in [-0.2, -0.15) is 0 Å². The van der Waals surface area contributed by atoms with Crippen LogP contribution in [-0.2, 0) is 4.79 Å². The highest BCUT2D eigenvalue weighted by atomic mass is 16.5. The van der Waals surface area contributed by atoms with Gasteiger partial charge >= 0.3 is 0 Å². The molecular weight excluding hydrogens is 278 g/mol. The molecule has 122 valence electrons. The van der Waals surface area contributed by atoms with Gasteiger partial charge in [0.15, 0.2) is 11.5 Å². The van der Waals surface area contributed by atoms with Gasteiger partial charge in [0.1, 0.15) is 0 Å². The van der Waals surface area contributed by atoms with Crippen LogP contribution >= 0.6 is 0 Å². The Bertz CT molecular complexity index is 515. The summed E-state index contributed by atoms with van der Waals surface area (Å²) < 4.78 is 10.7. The molecule has 0 saturated carbocycles. The predicted molar refractivity (Wildman–Crippen MR) is 87.3 cm³/mol. The van der Waals surface area contributed by atoms with Crippen molar-refractivity contribution in [1.82, 2.24) is 4.90 Å². The zero-order valence-electron chi connectivity index (χ0n) is 14.1. The van der Waals surface area contributed by atoms with E-state index in [0.717, 1.165) is 49.3 Å². The van der Waals surface area contributed by atoms with Crippen LogP contribution in [0.25, 0.3) is 0 Å². The lowest BCUT2D eigenvalue weighted by Gasteiger charge is -2.28. The molecule has 1 fully saturated rings. The molecule has 0 aromatic heterocycles. The van der Waals surface area contributed by atoms with Crippen LogP contribution in [0, 0.1) is 5.92 Å². The molecular formula is C18H27NO3. The molecule has 0 aliphatic carbocycles. The largest absolute Gasteiger partial charge is 0.493 e. The van der Waals surface area contributed by atoms with Crippen molar-refractivity contribution >= 4 is 5.91 Å². The molecule has 1 saturated heterocycles. The first-order chi connectivity index (χ1) is 10.6. The van der Waals surface area contributed by atoms with Crippen LogP contribution in [0.1, 0.15) is 51.1 Å². The highest BCUT2D eigenvalue weighted by molar-refractivity contribution is 5.79. The Labute approximate surface area is 133 Å². The van der Waals surface area contributed by atoms with Gasteiger partial charge in [0, 0.05) is 12.5 Å². The Morgan fingerprint density at radius 3 is 2.68 bits per heavy atom. The molecule has 1 aromatic rings. The average Bonchev–Trinajstić information content (AvgIpc) is 3.03. The van der Waals surface area contributed by atoms with Gasteiger partial charge in [0.2, 0.25) is 5.91 Å². The van der Waals surface area contributed by atoms with Gasteiger partial charge in [-0.15, -0.1) is 0 Å². The second kappa shape index (κ2) is 7.52. The Morgan fingerprint density at radius 2 is 2.05 bits per heavy atom. The Balaban J connectivity index is 2.21. The van der Waals surface area contributed by atoms with Gasteiger partial charge in [-0.25, -0.2) is 0 Å². The minimum Gasteiger partial charge on any atom is -0.493 e. The van der Waals surface area contributed by atoms with Crippen molar-refractivity contribution in [2.24, 2.45) is 5.92 Å². The fourth-order valence-corrected chi connectivity index (χ4v) is 3.28. The Morgan fingerprint density at radius 1 is 1.32 bits per heavy atom. The lowest BCUT2D eigenvalue weighted by Crippen LogP contribution is -2.34. The maximum absolute atomic E-state index is 12.7. The van der Waals surface area contributed by atoms with Crippen LogP contribution < -0.4 is 9.47 Å². The normalized spacial score (nSPS) is 19.1. The number of rotatable bonds is 6.